The summed E-state index contributed by atoms with van der Waals surface area (Å²) >= 11 is 0. The molecule has 0 bridgehead atoms. The van der Waals surface area contributed by atoms with E-state index in [2.05, 4.69) is 10.6 Å². The van der Waals surface area contributed by atoms with Crippen molar-refractivity contribution in [3.8, 4) is 0 Å². The van der Waals surface area contributed by atoms with Crippen LogP contribution >= 0.6 is 0 Å². The zero-order valence-electron chi connectivity index (χ0n) is 11.8. The molecule has 6 heteroatoms. The first-order valence-electron chi connectivity index (χ1n) is 7.27. The van der Waals surface area contributed by atoms with E-state index < -0.39 is 0 Å². The molecule has 3 rings (SSSR count). The Morgan fingerprint density at radius 2 is 2.38 bits per heavy atom. The number of carbonyl (C=O) groups is 2. The molecule has 0 aliphatic carbocycles. The Balaban J connectivity index is 1.62. The van der Waals surface area contributed by atoms with Gasteiger partial charge in [0.25, 0.3) is 0 Å². The topological polar surface area (TPSA) is 70.7 Å². The molecule has 2 fully saturated rings. The van der Waals surface area contributed by atoms with Gasteiger partial charge in [0.15, 0.2) is 0 Å². The van der Waals surface area contributed by atoms with E-state index in [1.165, 1.54) is 0 Å². The normalized spacial score (nSPS) is 21.4. The Morgan fingerprint density at radius 1 is 1.48 bits per heavy atom. The van der Waals surface area contributed by atoms with Crippen molar-refractivity contribution >= 4 is 23.4 Å². The van der Waals surface area contributed by atoms with Crippen molar-refractivity contribution in [2.24, 2.45) is 5.92 Å². The van der Waals surface area contributed by atoms with Crippen LogP contribution in [0.4, 0.5) is 16.2 Å². The number of amides is 2. The van der Waals surface area contributed by atoms with Crippen LogP contribution in [0.15, 0.2) is 24.3 Å². The predicted molar refractivity (Wildman–Crippen MR) is 79.4 cm³/mol. The van der Waals surface area contributed by atoms with E-state index in [9.17, 15) is 9.59 Å². The summed E-state index contributed by atoms with van der Waals surface area (Å²) in [7, 11) is 0. The van der Waals surface area contributed by atoms with Crippen LogP contribution in [0.2, 0.25) is 0 Å². The summed E-state index contributed by atoms with van der Waals surface area (Å²) in [5.74, 6) is 0.437. The molecule has 21 heavy (non-hydrogen) atoms. The Morgan fingerprint density at radius 3 is 3.10 bits per heavy atom. The molecule has 2 saturated heterocycles. The summed E-state index contributed by atoms with van der Waals surface area (Å²) in [6.07, 6.45) is 1.24. The minimum Gasteiger partial charge on any atom is -0.447 e. The Kier molecular flexibility index (Phi) is 4.06. The largest absolute Gasteiger partial charge is 0.447 e. The number of nitrogens with zero attached hydrogens (tertiary/aromatic N) is 1. The number of cyclic esters (lactones) is 1. The molecule has 1 unspecified atom stereocenters. The van der Waals surface area contributed by atoms with Gasteiger partial charge in [-0.1, -0.05) is 6.07 Å². The second-order valence-electron chi connectivity index (χ2n) is 5.43. The maximum absolute atomic E-state index is 12.0. The Labute approximate surface area is 123 Å². The molecule has 2 aliphatic heterocycles. The highest BCUT2D eigenvalue weighted by molar-refractivity contribution is 5.93. The summed E-state index contributed by atoms with van der Waals surface area (Å²) < 4.78 is 4.92. The van der Waals surface area contributed by atoms with Crippen LogP contribution in [0.3, 0.4) is 0 Å². The molecular formula is C15H19N3O3. The molecule has 2 aliphatic rings. The number of hydrogen-bond donors (Lipinski definition) is 2. The van der Waals surface area contributed by atoms with Gasteiger partial charge in [-0.3, -0.25) is 9.69 Å². The van der Waals surface area contributed by atoms with E-state index in [0.29, 0.717) is 31.2 Å². The quantitative estimate of drug-likeness (QED) is 0.883. The zero-order chi connectivity index (χ0) is 14.7. The molecule has 2 N–H and O–H groups in total. The summed E-state index contributed by atoms with van der Waals surface area (Å²) in [5.41, 5.74) is 1.46. The van der Waals surface area contributed by atoms with E-state index >= 15 is 0 Å². The minimum absolute atomic E-state index is 0.0184. The summed E-state index contributed by atoms with van der Waals surface area (Å²) in [6.45, 7) is 2.85. The summed E-state index contributed by atoms with van der Waals surface area (Å²) in [5, 5.41) is 6.16. The lowest BCUT2D eigenvalue weighted by molar-refractivity contribution is -0.116. The second-order valence-corrected chi connectivity index (χ2v) is 5.43. The molecule has 1 atom stereocenters. The van der Waals surface area contributed by atoms with Gasteiger partial charge in [-0.2, -0.15) is 0 Å². The van der Waals surface area contributed by atoms with Gasteiger partial charge in [-0.05, 0) is 43.6 Å². The van der Waals surface area contributed by atoms with Crippen LogP contribution in [-0.4, -0.2) is 38.2 Å². The van der Waals surface area contributed by atoms with Gasteiger partial charge >= 0.3 is 6.09 Å². The molecule has 6 nitrogen and oxygen atoms in total. The Hall–Kier alpha value is -2.08. The van der Waals surface area contributed by atoms with Crippen LogP contribution in [0.1, 0.15) is 12.8 Å². The van der Waals surface area contributed by atoms with Gasteiger partial charge in [0.1, 0.15) is 6.61 Å². The number of hydrogen-bond acceptors (Lipinski definition) is 4. The average molecular weight is 289 g/mol. The standard InChI is InChI=1S/C15H19N3O3/c19-14(8-11-4-5-16-10-11)17-12-2-1-3-13(9-12)18-6-7-21-15(18)20/h1-3,9,11,16H,4-8,10H2,(H,17,19). The van der Waals surface area contributed by atoms with Gasteiger partial charge in [-0.15, -0.1) is 0 Å². The van der Waals surface area contributed by atoms with E-state index in [1.807, 2.05) is 18.2 Å². The first-order chi connectivity index (χ1) is 10.2. The van der Waals surface area contributed by atoms with E-state index in [1.54, 1.807) is 11.0 Å². The van der Waals surface area contributed by atoms with Gasteiger partial charge in [0, 0.05) is 17.8 Å². The third-order valence-electron chi connectivity index (χ3n) is 3.84. The van der Waals surface area contributed by atoms with E-state index in [-0.39, 0.29) is 12.0 Å². The van der Waals surface area contributed by atoms with Crippen LogP contribution < -0.4 is 15.5 Å². The number of ether oxygens (including phenoxy) is 1. The fraction of sp³-hybridized carbons (Fsp3) is 0.467. The molecule has 112 valence electrons. The maximum atomic E-state index is 12.0. The van der Waals surface area contributed by atoms with Crippen LogP contribution in [-0.2, 0) is 9.53 Å². The fourth-order valence-electron chi connectivity index (χ4n) is 2.74. The molecule has 1 aromatic carbocycles. The summed E-state index contributed by atoms with van der Waals surface area (Å²) in [4.78, 5) is 25.1. The van der Waals surface area contributed by atoms with Crippen molar-refractivity contribution in [1.82, 2.24) is 5.32 Å². The van der Waals surface area contributed by atoms with E-state index in [0.717, 1.165) is 25.2 Å². The highest BCUT2D eigenvalue weighted by Gasteiger charge is 2.24. The third-order valence-corrected chi connectivity index (χ3v) is 3.84. The smallest absolute Gasteiger partial charge is 0.414 e. The monoisotopic (exact) mass is 289 g/mol. The minimum atomic E-state index is -0.337. The van der Waals surface area contributed by atoms with Crippen LogP contribution in [0.5, 0.6) is 0 Å². The first-order valence-corrected chi connectivity index (χ1v) is 7.27. The predicted octanol–water partition coefficient (Wildman–Crippen LogP) is 1.58. The van der Waals surface area contributed by atoms with Crippen molar-refractivity contribution in [3.63, 3.8) is 0 Å². The fourth-order valence-corrected chi connectivity index (χ4v) is 2.74. The van der Waals surface area contributed by atoms with Crippen LogP contribution in [0.25, 0.3) is 0 Å². The van der Waals surface area contributed by atoms with Crippen molar-refractivity contribution in [3.05, 3.63) is 24.3 Å². The molecule has 0 radical (unpaired) electrons. The second kappa shape index (κ2) is 6.13. The molecule has 2 heterocycles. The molecule has 0 saturated carbocycles. The van der Waals surface area contributed by atoms with Gasteiger partial charge in [0.05, 0.1) is 6.54 Å². The number of benzene rings is 1. The molecule has 1 aromatic rings. The highest BCUT2D eigenvalue weighted by Crippen LogP contribution is 2.23. The number of anilines is 2. The number of rotatable bonds is 4. The summed E-state index contributed by atoms with van der Waals surface area (Å²) in [6, 6.07) is 7.30. The number of carbonyl (C=O) groups excluding carboxylic acids is 2. The van der Waals surface area contributed by atoms with Gasteiger partial charge < -0.3 is 15.4 Å². The van der Waals surface area contributed by atoms with Crippen molar-refractivity contribution in [2.45, 2.75) is 12.8 Å². The van der Waals surface area contributed by atoms with Crippen molar-refractivity contribution in [1.29, 1.82) is 0 Å². The van der Waals surface area contributed by atoms with Gasteiger partial charge in [0.2, 0.25) is 5.91 Å². The van der Waals surface area contributed by atoms with E-state index in [4.69, 9.17) is 4.74 Å². The SMILES string of the molecule is O=C(CC1CCNC1)Nc1cccc(N2CCOC2=O)c1. The highest BCUT2D eigenvalue weighted by atomic mass is 16.6. The zero-order valence-corrected chi connectivity index (χ0v) is 11.8. The lowest BCUT2D eigenvalue weighted by atomic mass is 10.0. The third kappa shape index (κ3) is 3.33. The molecule has 0 spiro atoms. The molecule has 2 amide bonds. The number of nitrogens with one attached hydrogen (secondary N) is 2. The van der Waals surface area contributed by atoms with Crippen molar-refractivity contribution < 1.29 is 14.3 Å². The van der Waals surface area contributed by atoms with Crippen molar-refractivity contribution in [2.75, 3.05) is 36.5 Å². The lowest BCUT2D eigenvalue weighted by Gasteiger charge is -2.14. The molecule has 0 aromatic heterocycles. The average Bonchev–Trinajstić information content (AvgIpc) is 3.10. The van der Waals surface area contributed by atoms with Gasteiger partial charge in [-0.25, -0.2) is 4.79 Å². The molecular weight excluding hydrogens is 270 g/mol. The Bertz CT molecular complexity index is 541. The maximum Gasteiger partial charge on any atom is 0.414 e. The lowest BCUT2D eigenvalue weighted by Crippen LogP contribution is -2.23. The van der Waals surface area contributed by atoms with Crippen LogP contribution in [0, 0.1) is 5.92 Å². The first kappa shape index (κ1) is 13.9.